The molecule has 1 aliphatic rings. The van der Waals surface area contributed by atoms with Crippen LogP contribution in [0, 0.1) is 6.92 Å². The van der Waals surface area contributed by atoms with Gasteiger partial charge in [-0.15, -0.1) is 0 Å². The van der Waals surface area contributed by atoms with E-state index in [-0.39, 0.29) is 5.91 Å². The van der Waals surface area contributed by atoms with E-state index in [2.05, 4.69) is 5.10 Å². The first-order valence-electron chi connectivity index (χ1n) is 9.04. The Kier molecular flexibility index (Phi) is 5.16. The van der Waals surface area contributed by atoms with E-state index in [4.69, 9.17) is 0 Å². The number of hydrogen-bond acceptors (Lipinski definition) is 4. The summed E-state index contributed by atoms with van der Waals surface area (Å²) in [6, 6.07) is 7.66. The molecule has 1 atom stereocenters. The highest BCUT2D eigenvalue weighted by atomic mass is 16.3. The minimum absolute atomic E-state index is 0.0173. The second kappa shape index (κ2) is 7.21. The maximum absolute atomic E-state index is 12.9. The molecular weight excluding hydrogens is 328 g/mol. The number of aliphatic hydroxyl groups is 1. The van der Waals surface area contributed by atoms with Gasteiger partial charge in [-0.3, -0.25) is 9.48 Å². The molecule has 0 unspecified atom stereocenters. The minimum Gasteiger partial charge on any atom is -0.387 e. The Morgan fingerprint density at radius 2 is 2.00 bits per heavy atom. The molecule has 1 aromatic carbocycles. The molecular formula is C20H28N4O2. The molecule has 0 spiro atoms. The Bertz CT molecular complexity index is 782. The number of carbonyl (C=O) groups is 1. The molecule has 0 saturated carbocycles. The van der Waals surface area contributed by atoms with Crippen molar-refractivity contribution in [3.05, 3.63) is 41.7 Å². The first-order chi connectivity index (χ1) is 12.3. The third-order valence-corrected chi connectivity index (χ3v) is 5.13. The van der Waals surface area contributed by atoms with Gasteiger partial charge in [0.25, 0.3) is 5.91 Å². The number of β-amino-alcohol motifs (C(OH)–C–C–N with tert-alkyl or cyclic N) is 1. The van der Waals surface area contributed by atoms with Crippen LogP contribution in [0.5, 0.6) is 0 Å². The number of amides is 1. The Labute approximate surface area is 155 Å². The van der Waals surface area contributed by atoms with Crippen LogP contribution in [0.15, 0.2) is 30.5 Å². The highest BCUT2D eigenvalue weighted by Gasteiger charge is 2.35. The Morgan fingerprint density at radius 1 is 1.31 bits per heavy atom. The summed E-state index contributed by atoms with van der Waals surface area (Å²) in [7, 11) is 5.80. The molecule has 1 saturated heterocycles. The largest absolute Gasteiger partial charge is 0.387 e. The van der Waals surface area contributed by atoms with Gasteiger partial charge in [-0.2, -0.15) is 5.10 Å². The predicted molar refractivity (Wildman–Crippen MR) is 102 cm³/mol. The number of likely N-dealkylation sites (tertiary alicyclic amines) is 1. The molecule has 1 N–H and O–H groups in total. The number of rotatable bonds is 4. The van der Waals surface area contributed by atoms with E-state index in [0.29, 0.717) is 25.2 Å². The zero-order valence-corrected chi connectivity index (χ0v) is 16.1. The van der Waals surface area contributed by atoms with Crippen molar-refractivity contribution < 1.29 is 9.90 Å². The van der Waals surface area contributed by atoms with E-state index < -0.39 is 5.60 Å². The third-order valence-electron chi connectivity index (χ3n) is 5.13. The first kappa shape index (κ1) is 18.6. The van der Waals surface area contributed by atoms with Gasteiger partial charge in [-0.05, 0) is 51.6 Å². The fourth-order valence-electron chi connectivity index (χ4n) is 3.76. The number of likely N-dealkylation sites (N-methyl/N-ethyl adjacent to an activating group) is 1. The number of carbonyl (C=O) groups excluding carboxylic acids is 1. The van der Waals surface area contributed by atoms with Gasteiger partial charge < -0.3 is 14.9 Å². The van der Waals surface area contributed by atoms with Crippen LogP contribution in [0.4, 0.5) is 0 Å². The Morgan fingerprint density at radius 3 is 2.58 bits per heavy atom. The van der Waals surface area contributed by atoms with Crippen molar-refractivity contribution in [1.82, 2.24) is 19.6 Å². The van der Waals surface area contributed by atoms with Gasteiger partial charge in [0.15, 0.2) is 0 Å². The average Bonchev–Trinajstić information content (AvgIpc) is 2.92. The van der Waals surface area contributed by atoms with Gasteiger partial charge in [0, 0.05) is 37.0 Å². The molecule has 6 heteroatoms. The van der Waals surface area contributed by atoms with E-state index in [1.807, 2.05) is 68.1 Å². The number of nitrogens with zero attached hydrogens (tertiary/aromatic N) is 4. The molecule has 140 valence electrons. The molecule has 0 bridgehead atoms. The average molecular weight is 356 g/mol. The zero-order valence-electron chi connectivity index (χ0n) is 16.1. The number of aromatic nitrogens is 2. The van der Waals surface area contributed by atoms with E-state index in [1.165, 1.54) is 0 Å². The van der Waals surface area contributed by atoms with Gasteiger partial charge in [-0.25, -0.2) is 0 Å². The molecule has 0 aliphatic carbocycles. The summed E-state index contributed by atoms with van der Waals surface area (Å²) >= 11 is 0. The molecule has 1 amide bonds. The summed E-state index contributed by atoms with van der Waals surface area (Å²) < 4.78 is 1.84. The van der Waals surface area contributed by atoms with Gasteiger partial charge in [0.1, 0.15) is 0 Å². The van der Waals surface area contributed by atoms with Crippen LogP contribution >= 0.6 is 0 Å². The van der Waals surface area contributed by atoms with Gasteiger partial charge in [0.2, 0.25) is 0 Å². The monoisotopic (exact) mass is 356 g/mol. The topological polar surface area (TPSA) is 61.6 Å². The smallest absolute Gasteiger partial charge is 0.253 e. The van der Waals surface area contributed by atoms with Gasteiger partial charge in [-0.1, -0.05) is 12.1 Å². The van der Waals surface area contributed by atoms with E-state index in [9.17, 15) is 9.90 Å². The third kappa shape index (κ3) is 3.81. The van der Waals surface area contributed by atoms with Crippen molar-refractivity contribution in [3.63, 3.8) is 0 Å². The molecule has 1 aliphatic heterocycles. The summed E-state index contributed by atoms with van der Waals surface area (Å²) in [5, 5.41) is 15.1. The maximum Gasteiger partial charge on any atom is 0.253 e. The molecule has 2 aromatic rings. The van der Waals surface area contributed by atoms with Gasteiger partial charge in [0.05, 0.1) is 18.3 Å². The van der Waals surface area contributed by atoms with Crippen molar-refractivity contribution in [2.75, 3.05) is 33.7 Å². The summed E-state index contributed by atoms with van der Waals surface area (Å²) in [6.07, 6.45) is 3.40. The molecule has 6 nitrogen and oxygen atoms in total. The number of aryl methyl sites for hydroxylation is 1. The second-order valence-corrected chi connectivity index (χ2v) is 7.64. The van der Waals surface area contributed by atoms with Crippen LogP contribution in [0.1, 0.15) is 28.9 Å². The SMILES string of the molecule is Cc1c(-c2ccc(C(=O)N3CCC[C@@](O)(CN(C)C)C3)cc2)cnn1C. The number of benzene rings is 1. The summed E-state index contributed by atoms with van der Waals surface area (Å²) in [6.45, 7) is 3.67. The van der Waals surface area contributed by atoms with Crippen LogP contribution in [0.2, 0.25) is 0 Å². The number of piperidine rings is 1. The van der Waals surface area contributed by atoms with Crippen LogP contribution in [-0.2, 0) is 7.05 Å². The Balaban J connectivity index is 1.74. The van der Waals surface area contributed by atoms with Gasteiger partial charge >= 0.3 is 0 Å². The second-order valence-electron chi connectivity index (χ2n) is 7.64. The maximum atomic E-state index is 12.9. The van der Waals surface area contributed by atoms with E-state index in [1.54, 1.807) is 4.90 Å². The van der Waals surface area contributed by atoms with Crippen molar-refractivity contribution in [1.29, 1.82) is 0 Å². The fourth-order valence-corrected chi connectivity index (χ4v) is 3.76. The van der Waals surface area contributed by atoms with Crippen molar-refractivity contribution in [2.45, 2.75) is 25.4 Å². The standard InChI is InChI=1S/C20H28N4O2/c1-15-18(12-21-23(15)4)16-6-8-17(9-7-16)19(25)24-11-5-10-20(26,14-24)13-22(2)3/h6-9,12,26H,5,10-11,13-14H2,1-4H3/t20-/m1/s1. The summed E-state index contributed by atoms with van der Waals surface area (Å²) in [4.78, 5) is 16.6. The lowest BCUT2D eigenvalue weighted by molar-refractivity contribution is -0.0391. The molecule has 2 heterocycles. The van der Waals surface area contributed by atoms with E-state index >= 15 is 0 Å². The highest BCUT2D eigenvalue weighted by molar-refractivity contribution is 5.94. The fraction of sp³-hybridized carbons (Fsp3) is 0.500. The highest BCUT2D eigenvalue weighted by Crippen LogP contribution is 2.26. The molecule has 26 heavy (non-hydrogen) atoms. The number of hydrogen-bond donors (Lipinski definition) is 1. The zero-order chi connectivity index (χ0) is 18.9. The summed E-state index contributed by atoms with van der Waals surface area (Å²) in [5.41, 5.74) is 3.04. The predicted octanol–water partition coefficient (Wildman–Crippen LogP) is 1.92. The van der Waals surface area contributed by atoms with Crippen LogP contribution < -0.4 is 0 Å². The molecule has 3 rings (SSSR count). The lowest BCUT2D eigenvalue weighted by atomic mass is 9.92. The lowest BCUT2D eigenvalue weighted by Gasteiger charge is -2.40. The lowest BCUT2D eigenvalue weighted by Crippen LogP contribution is -2.54. The summed E-state index contributed by atoms with van der Waals surface area (Å²) in [5.74, 6) is -0.0173. The molecule has 1 aromatic heterocycles. The normalized spacial score (nSPS) is 20.6. The van der Waals surface area contributed by atoms with Crippen LogP contribution in [-0.4, -0.2) is 69.9 Å². The van der Waals surface area contributed by atoms with Crippen LogP contribution in [0.3, 0.4) is 0 Å². The molecule has 1 fully saturated rings. The minimum atomic E-state index is -0.829. The quantitative estimate of drug-likeness (QED) is 0.909. The van der Waals surface area contributed by atoms with E-state index in [0.717, 1.165) is 29.7 Å². The van der Waals surface area contributed by atoms with Crippen molar-refractivity contribution in [2.24, 2.45) is 7.05 Å². The van der Waals surface area contributed by atoms with Crippen LogP contribution in [0.25, 0.3) is 11.1 Å². The van der Waals surface area contributed by atoms with Crippen molar-refractivity contribution in [3.8, 4) is 11.1 Å². The molecule has 0 radical (unpaired) electrons. The van der Waals surface area contributed by atoms with Crippen molar-refractivity contribution >= 4 is 5.91 Å². The Hall–Kier alpha value is -2.18. The first-order valence-corrected chi connectivity index (χ1v) is 9.04.